The van der Waals surface area contributed by atoms with Crippen LogP contribution in [0.15, 0.2) is 27.6 Å². The van der Waals surface area contributed by atoms with Gasteiger partial charge in [-0.15, -0.1) is 0 Å². The summed E-state index contributed by atoms with van der Waals surface area (Å²) in [4.78, 5) is 22.4. The number of rotatable bonds is 6. The highest BCUT2D eigenvalue weighted by Gasteiger charge is 2.39. The summed E-state index contributed by atoms with van der Waals surface area (Å²) in [5.41, 5.74) is 1.66. The van der Waals surface area contributed by atoms with Gasteiger partial charge in [-0.05, 0) is 31.5 Å². The average molecular weight is 556 g/mol. The van der Waals surface area contributed by atoms with E-state index in [1.54, 1.807) is 23.1 Å². The lowest BCUT2D eigenvalue weighted by Gasteiger charge is -2.40. The molecule has 0 saturated carbocycles. The second-order valence-corrected chi connectivity index (χ2v) is 11.9. The highest BCUT2D eigenvalue weighted by Crippen LogP contribution is 2.32. The maximum atomic E-state index is 13.8. The number of sulfonamides is 1. The van der Waals surface area contributed by atoms with Gasteiger partial charge in [0.25, 0.3) is 15.9 Å². The van der Waals surface area contributed by atoms with Crippen LogP contribution < -0.4 is 5.32 Å². The average Bonchev–Trinajstić information content (AvgIpc) is 3.48. The van der Waals surface area contributed by atoms with E-state index in [1.807, 2.05) is 13.0 Å². The van der Waals surface area contributed by atoms with Crippen LogP contribution >= 0.6 is 11.6 Å². The summed E-state index contributed by atoms with van der Waals surface area (Å²) in [6.07, 6.45) is 0.974. The predicted molar refractivity (Wildman–Crippen MR) is 138 cm³/mol. The zero-order valence-corrected chi connectivity index (χ0v) is 22.3. The Labute approximate surface area is 225 Å². The minimum Gasteiger partial charge on any atom is -0.436 e. The zero-order valence-electron chi connectivity index (χ0n) is 20.7. The van der Waals surface area contributed by atoms with Crippen molar-refractivity contribution in [1.29, 1.82) is 10.5 Å². The fourth-order valence-corrected chi connectivity index (χ4v) is 6.97. The minimum absolute atomic E-state index is 0.00309. The molecule has 38 heavy (non-hydrogen) atoms. The lowest BCUT2D eigenvalue weighted by atomic mass is 10.1. The van der Waals surface area contributed by atoms with E-state index in [4.69, 9.17) is 16.0 Å². The molecule has 0 bridgehead atoms. The maximum absolute atomic E-state index is 13.8. The van der Waals surface area contributed by atoms with Crippen molar-refractivity contribution in [2.45, 2.75) is 56.3 Å². The third kappa shape index (κ3) is 4.76. The molecule has 1 saturated heterocycles. The SMILES string of the molecule is CC1Cc2nc(C(=O)N3CCN(S(=O)(=O)c4[nH]c5ccc(Cl)cc5c4CC#N)CC3CCC#N)oc2CN1. The van der Waals surface area contributed by atoms with Gasteiger partial charge < -0.3 is 19.6 Å². The number of benzene rings is 1. The van der Waals surface area contributed by atoms with Crippen LogP contribution in [0.4, 0.5) is 0 Å². The van der Waals surface area contributed by atoms with E-state index in [0.717, 1.165) is 5.69 Å². The number of hydrogen-bond donors (Lipinski definition) is 2. The van der Waals surface area contributed by atoms with Crippen molar-refractivity contribution in [3.63, 3.8) is 0 Å². The molecule has 198 valence electrons. The van der Waals surface area contributed by atoms with Gasteiger partial charge in [-0.2, -0.15) is 14.8 Å². The summed E-state index contributed by atoms with van der Waals surface area (Å²) >= 11 is 6.13. The normalized spacial score (nSPS) is 20.2. The number of aromatic nitrogens is 2. The van der Waals surface area contributed by atoms with E-state index in [0.29, 0.717) is 46.6 Å². The first kappa shape index (κ1) is 26.2. The molecule has 5 rings (SSSR count). The fraction of sp³-hybridized carbons (Fsp3) is 0.440. The quantitative estimate of drug-likeness (QED) is 0.469. The van der Waals surface area contributed by atoms with Gasteiger partial charge in [0.2, 0.25) is 0 Å². The molecule has 2 aromatic heterocycles. The molecule has 0 radical (unpaired) electrons. The van der Waals surface area contributed by atoms with Gasteiger partial charge in [0.1, 0.15) is 5.76 Å². The Hall–Kier alpha value is -3.42. The number of oxazole rings is 1. The third-order valence-electron chi connectivity index (χ3n) is 7.05. The van der Waals surface area contributed by atoms with Crippen molar-refractivity contribution in [1.82, 2.24) is 24.5 Å². The van der Waals surface area contributed by atoms with E-state index in [9.17, 15) is 23.7 Å². The summed E-state index contributed by atoms with van der Waals surface area (Å²) in [5.74, 6) is 0.190. The van der Waals surface area contributed by atoms with Crippen molar-refractivity contribution in [2.75, 3.05) is 19.6 Å². The summed E-state index contributed by atoms with van der Waals surface area (Å²) in [6, 6.07) is 8.75. The van der Waals surface area contributed by atoms with Gasteiger partial charge in [-0.1, -0.05) is 11.6 Å². The van der Waals surface area contributed by atoms with Gasteiger partial charge in [-0.25, -0.2) is 13.4 Å². The second kappa shape index (κ2) is 10.4. The van der Waals surface area contributed by atoms with Gasteiger partial charge in [0.15, 0.2) is 5.03 Å². The highest BCUT2D eigenvalue weighted by atomic mass is 35.5. The largest absolute Gasteiger partial charge is 0.436 e. The first-order valence-electron chi connectivity index (χ1n) is 12.3. The number of carbonyl (C=O) groups excluding carboxylic acids is 1. The molecule has 2 aliphatic rings. The van der Waals surface area contributed by atoms with E-state index in [2.05, 4.69) is 21.4 Å². The van der Waals surface area contributed by atoms with E-state index in [1.165, 1.54) is 4.31 Å². The van der Waals surface area contributed by atoms with Crippen LogP contribution in [0.2, 0.25) is 5.02 Å². The van der Waals surface area contributed by atoms with Crippen molar-refractivity contribution < 1.29 is 17.6 Å². The maximum Gasteiger partial charge on any atom is 0.310 e. The molecule has 1 amide bonds. The molecular formula is C25H26ClN7O4S. The van der Waals surface area contributed by atoms with Crippen molar-refractivity contribution in [2.24, 2.45) is 0 Å². The molecule has 0 aliphatic carbocycles. The van der Waals surface area contributed by atoms with Gasteiger partial charge >= 0.3 is 5.91 Å². The molecule has 1 aromatic carbocycles. The minimum atomic E-state index is -4.05. The van der Waals surface area contributed by atoms with Crippen LogP contribution in [0.25, 0.3) is 10.9 Å². The zero-order chi connectivity index (χ0) is 27.0. The van der Waals surface area contributed by atoms with Crippen LogP contribution in [0.5, 0.6) is 0 Å². The topological polar surface area (TPSA) is 159 Å². The molecule has 11 nitrogen and oxygen atoms in total. The second-order valence-electron chi connectivity index (χ2n) is 9.54. The number of H-pyrrole nitrogens is 1. The van der Waals surface area contributed by atoms with Crippen molar-refractivity contribution >= 4 is 38.4 Å². The number of hydrogen-bond acceptors (Lipinski definition) is 8. The van der Waals surface area contributed by atoms with E-state index >= 15 is 0 Å². The van der Waals surface area contributed by atoms with Crippen LogP contribution in [0.1, 0.15) is 47.5 Å². The number of nitrogens with zero attached hydrogens (tertiary/aromatic N) is 5. The summed E-state index contributed by atoms with van der Waals surface area (Å²) in [7, 11) is -4.05. The predicted octanol–water partition coefficient (Wildman–Crippen LogP) is 2.73. The molecular weight excluding hydrogens is 530 g/mol. The number of halogens is 1. The number of carbonyl (C=O) groups is 1. The van der Waals surface area contributed by atoms with Crippen LogP contribution in [-0.4, -0.2) is 65.2 Å². The number of nitriles is 2. The number of fused-ring (bicyclic) bond motifs is 2. The Kier molecular flexibility index (Phi) is 7.16. The van der Waals surface area contributed by atoms with E-state index < -0.39 is 22.0 Å². The molecule has 13 heteroatoms. The number of aromatic amines is 1. The molecule has 1 fully saturated rings. The smallest absolute Gasteiger partial charge is 0.310 e. The van der Waals surface area contributed by atoms with Crippen molar-refractivity contribution in [3.05, 3.63) is 46.1 Å². The Bertz CT molecular complexity index is 1580. The first-order valence-corrected chi connectivity index (χ1v) is 14.1. The number of piperazine rings is 1. The molecule has 4 heterocycles. The Morgan fingerprint density at radius 2 is 2.11 bits per heavy atom. The summed E-state index contributed by atoms with van der Waals surface area (Å²) in [6.45, 7) is 2.66. The first-order chi connectivity index (χ1) is 18.2. The summed E-state index contributed by atoms with van der Waals surface area (Å²) < 4.78 is 34.7. The molecule has 2 N–H and O–H groups in total. The van der Waals surface area contributed by atoms with Crippen LogP contribution in [0.3, 0.4) is 0 Å². The van der Waals surface area contributed by atoms with Gasteiger partial charge in [-0.3, -0.25) is 4.79 Å². The van der Waals surface area contributed by atoms with Crippen molar-refractivity contribution in [3.8, 4) is 12.1 Å². The fourth-order valence-electron chi connectivity index (χ4n) is 5.11. The molecule has 3 aromatic rings. The Morgan fingerprint density at radius 1 is 1.29 bits per heavy atom. The lowest BCUT2D eigenvalue weighted by molar-refractivity contribution is 0.0511. The van der Waals surface area contributed by atoms with Crippen LogP contribution in [-0.2, 0) is 29.4 Å². The Morgan fingerprint density at radius 3 is 2.87 bits per heavy atom. The lowest BCUT2D eigenvalue weighted by Crippen LogP contribution is -2.56. The van der Waals surface area contributed by atoms with Crippen LogP contribution in [0, 0.1) is 22.7 Å². The highest BCUT2D eigenvalue weighted by molar-refractivity contribution is 7.89. The molecule has 2 atom stereocenters. The van der Waals surface area contributed by atoms with E-state index in [-0.39, 0.29) is 49.4 Å². The van der Waals surface area contributed by atoms with Gasteiger partial charge in [0, 0.05) is 66.0 Å². The molecule has 2 aliphatic heterocycles. The van der Waals surface area contributed by atoms with Gasteiger partial charge in [0.05, 0.1) is 30.8 Å². The summed E-state index contributed by atoms with van der Waals surface area (Å²) in [5, 5.41) is 22.8. The molecule has 2 unspecified atom stereocenters. The number of nitrogens with one attached hydrogen (secondary N) is 2. The molecule has 0 spiro atoms. The third-order valence-corrected chi connectivity index (χ3v) is 9.16. The standard InChI is InChI=1S/C25H26ClN7O4S/c1-15-11-21-22(13-29-15)37-23(30-21)25(34)33-10-9-32(14-17(33)3-2-7-27)38(35,36)24-18(6-8-28)19-12-16(26)4-5-20(19)31-24/h4-5,12,15,17,29,31H,2-3,6,9-11,13-14H2,1H3. The Balaban J connectivity index is 1.43. The monoisotopic (exact) mass is 555 g/mol. The number of amides is 1.